The molecule has 2 unspecified atom stereocenters. The van der Waals surface area contributed by atoms with Crippen LogP contribution in [0.3, 0.4) is 0 Å². The first-order valence-electron chi connectivity index (χ1n) is 30.9. The molecule has 9 nitrogen and oxygen atoms in total. The minimum Gasteiger partial charge on any atom is -0.756 e. The van der Waals surface area contributed by atoms with E-state index in [1.807, 2.05) is 33.3 Å². The van der Waals surface area contributed by atoms with E-state index < -0.39 is 32.5 Å². The van der Waals surface area contributed by atoms with E-state index in [1.165, 1.54) is 161 Å². The topological polar surface area (TPSA) is 111 Å². The summed E-state index contributed by atoms with van der Waals surface area (Å²) in [6.45, 7) is 4.04. The number of esters is 2. The fourth-order valence-corrected chi connectivity index (χ4v) is 9.09. The number of likely N-dealkylation sites (N-methyl/N-ethyl adjacent to an activating group) is 1. The molecule has 0 saturated carbocycles. The minimum atomic E-state index is -4.66. The summed E-state index contributed by atoms with van der Waals surface area (Å²) in [5.41, 5.74) is 0. The van der Waals surface area contributed by atoms with Crippen molar-refractivity contribution in [2.24, 2.45) is 0 Å². The third kappa shape index (κ3) is 60.2. The molecule has 0 fully saturated rings. The lowest BCUT2D eigenvalue weighted by Crippen LogP contribution is -2.37. The second-order valence-electron chi connectivity index (χ2n) is 21.7. The SMILES string of the molecule is CC/C=C\C/C=C\C/C=C\C/C=C\C/C=C\C/C=C\CCC(=O)OC(COC(=O)CCCCCCCCCCCCCCCCCCCCCCC/C=C\C/C=C\CCCCCCC)COP(=O)([O-])OCC[N+](C)(C)C. The van der Waals surface area contributed by atoms with Crippen molar-refractivity contribution in [3.05, 3.63) is 97.2 Å². The highest BCUT2D eigenvalue weighted by atomic mass is 31.2. The van der Waals surface area contributed by atoms with E-state index in [4.69, 9.17) is 18.5 Å². The van der Waals surface area contributed by atoms with Crippen LogP contribution < -0.4 is 4.89 Å². The Labute approximate surface area is 468 Å². The molecule has 0 aromatic carbocycles. The van der Waals surface area contributed by atoms with Crippen LogP contribution in [0.2, 0.25) is 0 Å². The fraction of sp³-hybridized carbons (Fsp3) is 0.727. The average Bonchev–Trinajstić information content (AvgIpc) is 3.38. The predicted molar refractivity (Wildman–Crippen MR) is 323 cm³/mol. The zero-order valence-corrected chi connectivity index (χ0v) is 50.6. The van der Waals surface area contributed by atoms with Crippen LogP contribution in [0.5, 0.6) is 0 Å². The van der Waals surface area contributed by atoms with Crippen molar-refractivity contribution in [2.75, 3.05) is 47.5 Å². The second kappa shape index (κ2) is 56.6. The maximum absolute atomic E-state index is 12.7. The Bertz CT molecular complexity index is 1600. The average molecular weight is 1080 g/mol. The molecule has 438 valence electrons. The molecule has 0 spiro atoms. The number of rotatable bonds is 56. The van der Waals surface area contributed by atoms with Gasteiger partial charge in [-0.3, -0.25) is 14.2 Å². The molecule has 0 aliphatic carbocycles. The molecule has 0 aromatic rings. The van der Waals surface area contributed by atoms with Crippen molar-refractivity contribution < 1.29 is 42.1 Å². The lowest BCUT2D eigenvalue weighted by molar-refractivity contribution is -0.870. The number of carbonyl (C=O) groups is 2. The van der Waals surface area contributed by atoms with Gasteiger partial charge in [0, 0.05) is 12.8 Å². The zero-order valence-electron chi connectivity index (χ0n) is 49.7. The van der Waals surface area contributed by atoms with E-state index in [9.17, 15) is 19.0 Å². The highest BCUT2D eigenvalue weighted by Gasteiger charge is 2.21. The predicted octanol–water partition coefficient (Wildman–Crippen LogP) is 19.0. The van der Waals surface area contributed by atoms with E-state index in [0.717, 1.165) is 64.2 Å². The van der Waals surface area contributed by atoms with Gasteiger partial charge in [0.1, 0.15) is 19.8 Å². The summed E-state index contributed by atoms with van der Waals surface area (Å²) in [6, 6.07) is 0. The molecular formula is C66H116NO8P. The minimum absolute atomic E-state index is 0.0479. The number of quaternary nitrogens is 1. The fourth-order valence-electron chi connectivity index (χ4n) is 8.36. The van der Waals surface area contributed by atoms with Crippen molar-refractivity contribution in [1.82, 2.24) is 0 Å². The van der Waals surface area contributed by atoms with Crippen LogP contribution in [-0.4, -0.2) is 70.0 Å². The smallest absolute Gasteiger partial charge is 0.306 e. The molecule has 76 heavy (non-hydrogen) atoms. The number of ether oxygens (including phenoxy) is 2. The monoisotopic (exact) mass is 1080 g/mol. The number of hydrogen-bond acceptors (Lipinski definition) is 8. The highest BCUT2D eigenvalue weighted by molar-refractivity contribution is 7.45. The van der Waals surface area contributed by atoms with Gasteiger partial charge < -0.3 is 27.9 Å². The van der Waals surface area contributed by atoms with Gasteiger partial charge in [-0.05, 0) is 83.5 Å². The quantitative estimate of drug-likeness (QED) is 0.0195. The molecule has 0 heterocycles. The number of hydrogen-bond donors (Lipinski definition) is 0. The summed E-state index contributed by atoms with van der Waals surface area (Å²) < 4.78 is 34.1. The summed E-state index contributed by atoms with van der Waals surface area (Å²) in [5, 5.41) is 0. The van der Waals surface area contributed by atoms with Crippen LogP contribution in [0.4, 0.5) is 0 Å². The van der Waals surface area contributed by atoms with Gasteiger partial charge in [0.15, 0.2) is 6.10 Å². The third-order valence-electron chi connectivity index (χ3n) is 13.1. The maximum atomic E-state index is 12.7. The summed E-state index contributed by atoms with van der Waals surface area (Å²) in [6.07, 6.45) is 77.9. The highest BCUT2D eigenvalue weighted by Crippen LogP contribution is 2.38. The Morgan fingerprint density at radius 2 is 0.776 bits per heavy atom. The molecular weight excluding hydrogens is 966 g/mol. The van der Waals surface area contributed by atoms with Gasteiger partial charge >= 0.3 is 11.9 Å². The van der Waals surface area contributed by atoms with E-state index >= 15 is 0 Å². The van der Waals surface area contributed by atoms with Crippen LogP contribution in [0.25, 0.3) is 0 Å². The third-order valence-corrected chi connectivity index (χ3v) is 14.1. The van der Waals surface area contributed by atoms with Crippen molar-refractivity contribution in [1.29, 1.82) is 0 Å². The van der Waals surface area contributed by atoms with Crippen LogP contribution in [0.15, 0.2) is 97.2 Å². The molecule has 0 aliphatic heterocycles. The van der Waals surface area contributed by atoms with E-state index in [-0.39, 0.29) is 26.1 Å². The Morgan fingerprint density at radius 3 is 1.17 bits per heavy atom. The standard InChI is InChI=1S/C66H116NO8P/c1-6-8-10-12-14-16-18-20-22-24-26-27-28-29-30-31-32-33-34-35-36-37-38-39-41-42-44-46-48-50-52-54-56-58-65(68)72-62-64(63-74-76(70,71)73-61-60-67(3,4)5)75-66(69)59-57-55-53-51-49-47-45-43-40-25-23-21-19-17-15-13-11-9-7-2/h9,11,15,17-18,20-21,23-24,26,40,43,47,49,53,55,64H,6-8,10,12-14,16,19,22,25,27-39,41-42,44-46,48,50-52,54,56-63H2,1-5H3/b11-9-,17-15-,20-18-,23-21-,26-24-,43-40-,49-47-,55-53-. The van der Waals surface area contributed by atoms with Crippen molar-refractivity contribution in [2.45, 2.75) is 264 Å². The van der Waals surface area contributed by atoms with Gasteiger partial charge in [-0.2, -0.15) is 0 Å². The Balaban J connectivity index is 4.10. The molecule has 0 saturated heterocycles. The Morgan fingerprint density at radius 1 is 0.421 bits per heavy atom. The number of allylic oxidation sites excluding steroid dienone is 16. The van der Waals surface area contributed by atoms with Crippen LogP contribution in [-0.2, 0) is 32.7 Å². The number of phosphoric ester groups is 1. The number of unbranched alkanes of at least 4 members (excludes halogenated alkanes) is 26. The second-order valence-corrected chi connectivity index (χ2v) is 23.1. The first-order valence-corrected chi connectivity index (χ1v) is 32.4. The first kappa shape index (κ1) is 72.9. The molecule has 0 bridgehead atoms. The van der Waals surface area contributed by atoms with Gasteiger partial charge in [-0.15, -0.1) is 0 Å². The molecule has 0 amide bonds. The largest absolute Gasteiger partial charge is 0.756 e. The summed E-state index contributed by atoms with van der Waals surface area (Å²) in [5.74, 6) is -0.929. The Hall–Kier alpha value is -3.07. The lowest BCUT2D eigenvalue weighted by Gasteiger charge is -2.28. The summed E-state index contributed by atoms with van der Waals surface area (Å²) in [7, 11) is 1.12. The molecule has 0 rings (SSSR count). The van der Waals surface area contributed by atoms with Crippen molar-refractivity contribution >= 4 is 19.8 Å². The van der Waals surface area contributed by atoms with E-state index in [2.05, 4.69) is 98.9 Å². The summed E-state index contributed by atoms with van der Waals surface area (Å²) in [4.78, 5) is 37.8. The van der Waals surface area contributed by atoms with Crippen LogP contribution in [0, 0.1) is 0 Å². The van der Waals surface area contributed by atoms with Crippen LogP contribution >= 0.6 is 7.82 Å². The number of carbonyl (C=O) groups excluding carboxylic acids is 2. The molecule has 0 N–H and O–H groups in total. The normalized spacial score (nSPS) is 13.9. The lowest BCUT2D eigenvalue weighted by atomic mass is 10.0. The first-order chi connectivity index (χ1) is 37.0. The van der Waals surface area contributed by atoms with Crippen molar-refractivity contribution in [3.8, 4) is 0 Å². The van der Waals surface area contributed by atoms with Crippen LogP contribution in [0.1, 0.15) is 258 Å². The molecule has 0 aromatic heterocycles. The number of nitrogens with zero attached hydrogens (tertiary/aromatic N) is 1. The maximum Gasteiger partial charge on any atom is 0.306 e. The van der Waals surface area contributed by atoms with Gasteiger partial charge in [0.2, 0.25) is 0 Å². The van der Waals surface area contributed by atoms with Gasteiger partial charge in [0.25, 0.3) is 7.82 Å². The summed E-state index contributed by atoms with van der Waals surface area (Å²) >= 11 is 0. The zero-order chi connectivity index (χ0) is 55.6. The molecule has 10 heteroatoms. The van der Waals surface area contributed by atoms with Gasteiger partial charge in [-0.1, -0.05) is 259 Å². The van der Waals surface area contributed by atoms with E-state index in [0.29, 0.717) is 17.4 Å². The van der Waals surface area contributed by atoms with E-state index in [1.54, 1.807) is 0 Å². The number of phosphoric acid groups is 1. The van der Waals surface area contributed by atoms with Crippen molar-refractivity contribution in [3.63, 3.8) is 0 Å². The van der Waals surface area contributed by atoms with Gasteiger partial charge in [-0.25, -0.2) is 0 Å². The van der Waals surface area contributed by atoms with Gasteiger partial charge in [0.05, 0.1) is 27.7 Å². The molecule has 0 radical (unpaired) electrons. The molecule has 2 atom stereocenters. The Kier molecular flexibility index (Phi) is 54.4. The molecule has 0 aliphatic rings.